The van der Waals surface area contributed by atoms with Crippen molar-refractivity contribution in [2.24, 2.45) is 5.10 Å². The van der Waals surface area contributed by atoms with E-state index < -0.39 is 10.8 Å². The van der Waals surface area contributed by atoms with Gasteiger partial charge in [0.25, 0.3) is 11.6 Å². The maximum atomic E-state index is 12.2. The van der Waals surface area contributed by atoms with Crippen LogP contribution in [-0.2, 0) is 4.79 Å². The van der Waals surface area contributed by atoms with Gasteiger partial charge < -0.3 is 9.73 Å². The lowest BCUT2D eigenvalue weighted by Crippen LogP contribution is -2.18. The van der Waals surface area contributed by atoms with Crippen LogP contribution in [0.15, 0.2) is 70.2 Å². The third-order valence-corrected chi connectivity index (χ3v) is 3.77. The van der Waals surface area contributed by atoms with E-state index in [0.717, 1.165) is 0 Å². The topological polar surface area (TPSA) is 127 Å². The highest BCUT2D eigenvalue weighted by atomic mass is 16.6. The fourth-order valence-corrected chi connectivity index (χ4v) is 2.51. The van der Waals surface area contributed by atoms with Crippen LogP contribution in [0.3, 0.4) is 0 Å². The Morgan fingerprint density at radius 3 is 2.66 bits per heavy atom. The number of furan rings is 1. The van der Waals surface area contributed by atoms with Gasteiger partial charge in [-0.25, -0.2) is 5.43 Å². The van der Waals surface area contributed by atoms with E-state index in [1.54, 1.807) is 42.5 Å². The summed E-state index contributed by atoms with van der Waals surface area (Å²) in [6.45, 7) is 1.38. The van der Waals surface area contributed by atoms with Crippen LogP contribution in [0.5, 0.6) is 0 Å². The Labute approximate surface area is 165 Å². The lowest BCUT2D eigenvalue weighted by molar-refractivity contribution is -0.384. The Morgan fingerprint density at radius 1 is 1.10 bits per heavy atom. The van der Waals surface area contributed by atoms with Gasteiger partial charge in [0.05, 0.1) is 11.1 Å². The lowest BCUT2D eigenvalue weighted by atomic mass is 10.1. The van der Waals surface area contributed by atoms with Gasteiger partial charge in [0, 0.05) is 35.9 Å². The molecule has 9 heteroatoms. The molecule has 2 aromatic carbocycles. The molecule has 0 saturated carbocycles. The molecule has 2 amide bonds. The van der Waals surface area contributed by atoms with Crippen LogP contribution in [-0.4, -0.2) is 23.0 Å². The Hall–Kier alpha value is -4.27. The monoisotopic (exact) mass is 392 g/mol. The summed E-state index contributed by atoms with van der Waals surface area (Å²) in [6.07, 6.45) is 1.32. The van der Waals surface area contributed by atoms with Crippen molar-refractivity contribution < 1.29 is 18.9 Å². The van der Waals surface area contributed by atoms with E-state index in [1.165, 1.54) is 31.3 Å². The van der Waals surface area contributed by atoms with Crippen LogP contribution in [0.2, 0.25) is 0 Å². The van der Waals surface area contributed by atoms with Crippen molar-refractivity contribution in [2.45, 2.75) is 6.92 Å². The number of nitro benzene ring substituents is 1. The molecule has 0 aliphatic rings. The number of hydrogen-bond acceptors (Lipinski definition) is 6. The number of amides is 2. The summed E-state index contributed by atoms with van der Waals surface area (Å²) in [5.41, 5.74) is 3.71. The van der Waals surface area contributed by atoms with Gasteiger partial charge in [-0.1, -0.05) is 18.2 Å². The summed E-state index contributed by atoms with van der Waals surface area (Å²) in [5, 5.41) is 17.3. The summed E-state index contributed by atoms with van der Waals surface area (Å²) >= 11 is 0. The number of nitrogens with one attached hydrogen (secondary N) is 2. The first kappa shape index (κ1) is 19.5. The molecule has 0 fully saturated rings. The van der Waals surface area contributed by atoms with Crippen molar-refractivity contribution in [3.63, 3.8) is 0 Å². The van der Waals surface area contributed by atoms with Crippen LogP contribution in [0.25, 0.3) is 11.3 Å². The minimum absolute atomic E-state index is 0.0390. The van der Waals surface area contributed by atoms with Gasteiger partial charge in [-0.2, -0.15) is 5.10 Å². The number of carbonyl (C=O) groups excluding carboxylic acids is 2. The number of non-ortho nitro benzene ring substituents is 1. The van der Waals surface area contributed by atoms with E-state index in [2.05, 4.69) is 15.8 Å². The molecule has 0 aliphatic carbocycles. The number of nitrogens with zero attached hydrogens (tertiary/aromatic N) is 2. The van der Waals surface area contributed by atoms with Crippen LogP contribution in [0.1, 0.15) is 23.0 Å². The quantitative estimate of drug-likeness (QED) is 0.377. The number of rotatable bonds is 6. The number of anilines is 1. The van der Waals surface area contributed by atoms with Gasteiger partial charge in [-0.05, 0) is 30.3 Å². The highest BCUT2D eigenvalue weighted by Crippen LogP contribution is 2.25. The van der Waals surface area contributed by atoms with Gasteiger partial charge in [0.15, 0.2) is 0 Å². The van der Waals surface area contributed by atoms with E-state index >= 15 is 0 Å². The second-order valence-electron chi connectivity index (χ2n) is 5.97. The van der Waals surface area contributed by atoms with Crippen molar-refractivity contribution in [3.05, 3.63) is 82.1 Å². The number of nitro groups is 1. The average Bonchev–Trinajstić information content (AvgIpc) is 3.16. The Bertz CT molecular complexity index is 1100. The molecule has 0 unspecified atom stereocenters. The molecule has 0 saturated heterocycles. The highest BCUT2D eigenvalue weighted by molar-refractivity contribution is 5.97. The molecular formula is C20H16N4O5. The largest absolute Gasteiger partial charge is 0.455 e. The number of hydrazone groups is 1. The van der Waals surface area contributed by atoms with Crippen molar-refractivity contribution >= 4 is 29.4 Å². The normalized spacial score (nSPS) is 10.7. The van der Waals surface area contributed by atoms with Gasteiger partial charge in [-0.3, -0.25) is 19.7 Å². The van der Waals surface area contributed by atoms with Gasteiger partial charge in [0.2, 0.25) is 5.91 Å². The molecule has 2 N–H and O–H groups in total. The predicted octanol–water partition coefficient (Wildman–Crippen LogP) is 3.58. The molecule has 0 spiro atoms. The first-order valence-corrected chi connectivity index (χ1v) is 8.48. The summed E-state index contributed by atoms with van der Waals surface area (Å²) in [7, 11) is 0. The van der Waals surface area contributed by atoms with Crippen molar-refractivity contribution in [1.82, 2.24) is 5.43 Å². The molecule has 0 atom stereocenters. The second kappa shape index (κ2) is 8.61. The number of benzene rings is 2. The Morgan fingerprint density at radius 2 is 1.90 bits per heavy atom. The molecule has 146 valence electrons. The molecule has 3 rings (SSSR count). The molecule has 29 heavy (non-hydrogen) atoms. The zero-order chi connectivity index (χ0) is 20.8. The fourth-order valence-electron chi connectivity index (χ4n) is 2.51. The van der Waals surface area contributed by atoms with E-state index in [0.29, 0.717) is 28.3 Å². The maximum absolute atomic E-state index is 12.2. The summed E-state index contributed by atoms with van der Waals surface area (Å²) < 4.78 is 5.58. The maximum Gasteiger partial charge on any atom is 0.271 e. The predicted molar refractivity (Wildman–Crippen MR) is 107 cm³/mol. The van der Waals surface area contributed by atoms with Crippen molar-refractivity contribution in [2.75, 3.05) is 5.32 Å². The van der Waals surface area contributed by atoms with E-state index in [-0.39, 0.29) is 11.6 Å². The van der Waals surface area contributed by atoms with Crippen LogP contribution in [0, 0.1) is 10.1 Å². The Balaban J connectivity index is 1.66. The van der Waals surface area contributed by atoms with Crippen molar-refractivity contribution in [1.29, 1.82) is 0 Å². The van der Waals surface area contributed by atoms with E-state index in [9.17, 15) is 19.7 Å². The first-order chi connectivity index (χ1) is 13.9. The molecule has 1 aromatic heterocycles. The minimum Gasteiger partial charge on any atom is -0.455 e. The van der Waals surface area contributed by atoms with Gasteiger partial charge >= 0.3 is 0 Å². The molecule has 1 heterocycles. The molecule has 0 radical (unpaired) electrons. The zero-order valence-corrected chi connectivity index (χ0v) is 15.3. The van der Waals surface area contributed by atoms with Crippen molar-refractivity contribution in [3.8, 4) is 11.3 Å². The fraction of sp³-hybridized carbons (Fsp3) is 0.0500. The number of carbonyl (C=O) groups is 2. The van der Waals surface area contributed by atoms with Gasteiger partial charge in [-0.15, -0.1) is 0 Å². The van der Waals surface area contributed by atoms with E-state index in [1.807, 2.05) is 0 Å². The SMILES string of the molecule is CC(=O)Nc1cccc(C(=O)NN=Cc2ccc(-c3cccc([N+](=O)[O-])c3)o2)c1. The van der Waals surface area contributed by atoms with Gasteiger partial charge in [0.1, 0.15) is 11.5 Å². The number of hydrogen-bond donors (Lipinski definition) is 2. The average molecular weight is 392 g/mol. The minimum atomic E-state index is -0.481. The third kappa shape index (κ3) is 5.13. The lowest BCUT2D eigenvalue weighted by Gasteiger charge is -2.04. The van der Waals surface area contributed by atoms with Crippen LogP contribution in [0.4, 0.5) is 11.4 Å². The summed E-state index contributed by atoms with van der Waals surface area (Å²) in [5.74, 6) is 0.0974. The first-order valence-electron chi connectivity index (χ1n) is 8.48. The summed E-state index contributed by atoms with van der Waals surface area (Å²) in [6, 6.07) is 15.8. The van der Waals surface area contributed by atoms with Crippen LogP contribution >= 0.6 is 0 Å². The highest BCUT2D eigenvalue weighted by Gasteiger charge is 2.10. The molecule has 0 aliphatic heterocycles. The Kier molecular flexibility index (Phi) is 5.79. The molecule has 0 bridgehead atoms. The molecule has 3 aromatic rings. The summed E-state index contributed by atoms with van der Waals surface area (Å²) in [4.78, 5) is 33.7. The standard InChI is InChI=1S/C20H16N4O5/c1-13(25)22-16-6-2-5-15(10-16)20(26)23-21-12-18-8-9-19(29-18)14-4-3-7-17(11-14)24(27)28/h2-12H,1H3,(H,22,25)(H,23,26). The van der Waals surface area contributed by atoms with E-state index in [4.69, 9.17) is 4.42 Å². The van der Waals surface area contributed by atoms with Crippen LogP contribution < -0.4 is 10.7 Å². The molecular weight excluding hydrogens is 376 g/mol. The molecule has 9 nitrogen and oxygen atoms in total. The second-order valence-corrected chi connectivity index (χ2v) is 5.97. The third-order valence-electron chi connectivity index (χ3n) is 3.77. The smallest absolute Gasteiger partial charge is 0.271 e. The zero-order valence-electron chi connectivity index (χ0n) is 15.3.